The van der Waals surface area contributed by atoms with E-state index in [2.05, 4.69) is 17.5 Å². The summed E-state index contributed by atoms with van der Waals surface area (Å²) >= 11 is 4.66. The van der Waals surface area contributed by atoms with Gasteiger partial charge in [-0.15, -0.1) is 0 Å². The topological polar surface area (TPSA) is 75.4 Å². The number of nitrogens with two attached hydrogens (primary N) is 1. The van der Waals surface area contributed by atoms with E-state index in [-0.39, 0.29) is 11.5 Å². The Balaban J connectivity index is 1.81. The second-order valence-corrected chi connectivity index (χ2v) is 6.17. The summed E-state index contributed by atoms with van der Waals surface area (Å²) in [5, 5.41) is 2.44. The second-order valence-electron chi connectivity index (χ2n) is 5.65. The second kappa shape index (κ2) is 5.86. The van der Waals surface area contributed by atoms with Gasteiger partial charge in [0.15, 0.2) is 0 Å². The van der Waals surface area contributed by atoms with Crippen LogP contribution in [0.25, 0.3) is 0 Å². The molecule has 19 heavy (non-hydrogen) atoms. The first-order valence-electron chi connectivity index (χ1n) is 6.88. The lowest BCUT2D eigenvalue weighted by molar-refractivity contribution is -0.147. The molecule has 0 radical (unpaired) electrons. The first-order valence-corrected chi connectivity index (χ1v) is 7.29. The smallest absolute Gasteiger partial charge is 0.311 e. The summed E-state index contributed by atoms with van der Waals surface area (Å²) < 4.78 is 0. The third-order valence-corrected chi connectivity index (χ3v) is 4.54. The Labute approximate surface area is 118 Å². The van der Waals surface area contributed by atoms with Crippen molar-refractivity contribution >= 4 is 29.0 Å². The van der Waals surface area contributed by atoms with Crippen LogP contribution in [0.1, 0.15) is 38.5 Å². The number of thiocarbonyl (C=S) groups is 1. The molecular weight excluding hydrogens is 262 g/mol. The SMILES string of the molecule is NC(=S)CNC(=O)C(=O)N1CCC2(CCCC2)CC1. The summed E-state index contributed by atoms with van der Waals surface area (Å²) in [6.07, 6.45) is 7.23. The van der Waals surface area contributed by atoms with Gasteiger partial charge in [0.2, 0.25) is 0 Å². The number of carbonyl (C=O) groups is 2. The van der Waals surface area contributed by atoms with E-state index >= 15 is 0 Å². The molecule has 5 nitrogen and oxygen atoms in total. The van der Waals surface area contributed by atoms with Crippen LogP contribution in [-0.2, 0) is 9.59 Å². The molecule has 0 unspecified atom stereocenters. The number of rotatable bonds is 2. The average molecular weight is 283 g/mol. The number of likely N-dealkylation sites (tertiary alicyclic amines) is 1. The van der Waals surface area contributed by atoms with Crippen LogP contribution in [0.4, 0.5) is 0 Å². The van der Waals surface area contributed by atoms with Gasteiger partial charge in [0, 0.05) is 13.1 Å². The molecule has 0 atom stereocenters. The van der Waals surface area contributed by atoms with Crippen molar-refractivity contribution in [3.05, 3.63) is 0 Å². The fourth-order valence-corrected chi connectivity index (χ4v) is 3.27. The molecule has 2 rings (SSSR count). The lowest BCUT2D eigenvalue weighted by Crippen LogP contribution is -2.49. The molecule has 6 heteroatoms. The molecule has 2 amide bonds. The van der Waals surface area contributed by atoms with Crippen LogP contribution in [-0.4, -0.2) is 41.3 Å². The summed E-state index contributed by atoms with van der Waals surface area (Å²) in [5.74, 6) is -1.06. The highest BCUT2D eigenvalue weighted by Gasteiger charge is 2.38. The van der Waals surface area contributed by atoms with Crippen LogP contribution in [0, 0.1) is 5.41 Å². The first-order chi connectivity index (χ1) is 9.02. The summed E-state index contributed by atoms with van der Waals surface area (Å²) in [6.45, 7) is 1.47. The third kappa shape index (κ3) is 3.43. The number of piperidine rings is 1. The van der Waals surface area contributed by atoms with E-state index in [1.54, 1.807) is 4.90 Å². The number of hydrogen-bond acceptors (Lipinski definition) is 3. The summed E-state index contributed by atoms with van der Waals surface area (Å²) in [7, 11) is 0. The van der Waals surface area contributed by atoms with Crippen molar-refractivity contribution in [3.8, 4) is 0 Å². The van der Waals surface area contributed by atoms with Gasteiger partial charge in [0.1, 0.15) is 0 Å². The monoisotopic (exact) mass is 283 g/mol. The van der Waals surface area contributed by atoms with Crippen LogP contribution in [0.2, 0.25) is 0 Å². The van der Waals surface area contributed by atoms with Gasteiger partial charge in [-0.25, -0.2) is 0 Å². The number of nitrogens with one attached hydrogen (secondary N) is 1. The van der Waals surface area contributed by atoms with Crippen LogP contribution in [0.5, 0.6) is 0 Å². The molecule has 1 aliphatic heterocycles. The maximum absolute atomic E-state index is 11.9. The zero-order valence-corrected chi connectivity index (χ0v) is 11.9. The average Bonchev–Trinajstić information content (AvgIpc) is 2.84. The lowest BCUT2D eigenvalue weighted by Gasteiger charge is -2.39. The van der Waals surface area contributed by atoms with Crippen LogP contribution in [0.15, 0.2) is 0 Å². The van der Waals surface area contributed by atoms with Gasteiger partial charge in [0.25, 0.3) is 0 Å². The van der Waals surface area contributed by atoms with Gasteiger partial charge in [-0.05, 0) is 31.1 Å². The maximum Gasteiger partial charge on any atom is 0.311 e. The molecule has 1 aliphatic carbocycles. The van der Waals surface area contributed by atoms with Crippen molar-refractivity contribution in [3.63, 3.8) is 0 Å². The highest BCUT2D eigenvalue weighted by Crippen LogP contribution is 2.46. The fraction of sp³-hybridized carbons (Fsp3) is 0.769. The fourth-order valence-electron chi connectivity index (χ4n) is 3.20. The van der Waals surface area contributed by atoms with E-state index in [4.69, 9.17) is 5.73 Å². The molecule has 2 aliphatic rings. The first kappa shape index (κ1) is 14.2. The van der Waals surface area contributed by atoms with E-state index in [1.165, 1.54) is 25.7 Å². The van der Waals surface area contributed by atoms with Crippen molar-refractivity contribution in [1.82, 2.24) is 10.2 Å². The van der Waals surface area contributed by atoms with Crippen molar-refractivity contribution in [1.29, 1.82) is 0 Å². The minimum Gasteiger partial charge on any atom is -0.392 e. The van der Waals surface area contributed by atoms with Gasteiger partial charge in [0.05, 0.1) is 11.5 Å². The maximum atomic E-state index is 11.9. The van der Waals surface area contributed by atoms with E-state index in [0.717, 1.165) is 12.8 Å². The van der Waals surface area contributed by atoms with Gasteiger partial charge < -0.3 is 16.0 Å². The molecule has 0 aromatic rings. The van der Waals surface area contributed by atoms with Crippen molar-refractivity contribution in [2.45, 2.75) is 38.5 Å². The molecule has 2 fully saturated rings. The Morgan fingerprint density at radius 3 is 2.26 bits per heavy atom. The molecule has 1 saturated heterocycles. The molecule has 106 valence electrons. The molecule has 1 spiro atoms. The molecule has 0 aromatic heterocycles. The van der Waals surface area contributed by atoms with Crippen molar-refractivity contribution in [2.75, 3.05) is 19.6 Å². The van der Waals surface area contributed by atoms with Crippen LogP contribution < -0.4 is 11.1 Å². The largest absolute Gasteiger partial charge is 0.392 e. The Kier molecular flexibility index (Phi) is 4.39. The third-order valence-electron chi connectivity index (χ3n) is 4.39. The summed E-state index contributed by atoms with van der Waals surface area (Å²) in [6, 6.07) is 0. The zero-order chi connectivity index (χ0) is 13.9. The minimum atomic E-state index is -0.602. The molecule has 0 bridgehead atoms. The van der Waals surface area contributed by atoms with Crippen LogP contribution >= 0.6 is 12.2 Å². The summed E-state index contributed by atoms with van der Waals surface area (Å²) in [5.41, 5.74) is 5.74. The molecule has 0 aromatic carbocycles. The van der Waals surface area contributed by atoms with E-state index in [1.807, 2.05) is 0 Å². The quantitative estimate of drug-likeness (QED) is 0.574. The lowest BCUT2D eigenvalue weighted by atomic mass is 9.77. The van der Waals surface area contributed by atoms with Gasteiger partial charge in [-0.3, -0.25) is 9.59 Å². The molecule has 1 heterocycles. The van der Waals surface area contributed by atoms with Crippen molar-refractivity contribution in [2.24, 2.45) is 11.1 Å². The predicted molar refractivity (Wildman–Crippen MR) is 76.5 cm³/mol. The predicted octanol–water partition coefficient (Wildman–Crippen LogP) is 0.571. The van der Waals surface area contributed by atoms with E-state index < -0.39 is 11.8 Å². The van der Waals surface area contributed by atoms with Crippen LogP contribution in [0.3, 0.4) is 0 Å². The number of carbonyl (C=O) groups excluding carboxylic acids is 2. The highest BCUT2D eigenvalue weighted by atomic mass is 32.1. The molecular formula is C13H21N3O2S. The van der Waals surface area contributed by atoms with Crippen molar-refractivity contribution < 1.29 is 9.59 Å². The Bertz CT molecular complexity index is 381. The van der Waals surface area contributed by atoms with Gasteiger partial charge >= 0.3 is 11.8 Å². The zero-order valence-electron chi connectivity index (χ0n) is 11.1. The van der Waals surface area contributed by atoms with Gasteiger partial charge in [-0.1, -0.05) is 25.1 Å². The van der Waals surface area contributed by atoms with Gasteiger partial charge in [-0.2, -0.15) is 0 Å². The normalized spacial score (nSPS) is 21.4. The van der Waals surface area contributed by atoms with E-state index in [0.29, 0.717) is 18.5 Å². The standard InChI is InChI=1S/C13H21N3O2S/c14-10(19)9-15-11(17)12(18)16-7-5-13(6-8-16)3-1-2-4-13/h1-9H2,(H2,14,19)(H,15,17). The number of amides is 2. The Hall–Kier alpha value is -1.17. The molecule has 1 saturated carbocycles. The highest BCUT2D eigenvalue weighted by molar-refractivity contribution is 7.80. The summed E-state index contributed by atoms with van der Waals surface area (Å²) in [4.78, 5) is 25.4. The number of hydrogen-bond donors (Lipinski definition) is 2. The number of nitrogens with zero attached hydrogens (tertiary/aromatic N) is 1. The van der Waals surface area contributed by atoms with E-state index in [9.17, 15) is 9.59 Å². The molecule has 3 N–H and O–H groups in total. The Morgan fingerprint density at radius 1 is 1.16 bits per heavy atom. The Morgan fingerprint density at radius 2 is 1.74 bits per heavy atom. The minimum absolute atomic E-state index is 0.0810.